The van der Waals surface area contributed by atoms with Crippen molar-refractivity contribution in [1.82, 2.24) is 4.90 Å². The number of hydrogen-bond acceptors (Lipinski definition) is 5. The van der Waals surface area contributed by atoms with Crippen LogP contribution in [-0.4, -0.2) is 31.4 Å². The number of fused-ring (bicyclic) bond motifs is 2. The van der Waals surface area contributed by atoms with Gasteiger partial charge < -0.3 is 23.8 Å². The normalized spacial score (nSPS) is 14.1. The lowest BCUT2D eigenvalue weighted by Gasteiger charge is -2.15. The topological polar surface area (TPSA) is 57.2 Å². The quantitative estimate of drug-likeness (QED) is 0.802. The fourth-order valence-corrected chi connectivity index (χ4v) is 2.70. The highest BCUT2D eigenvalue weighted by Gasteiger charge is 2.15. The van der Waals surface area contributed by atoms with Gasteiger partial charge in [-0.15, -0.1) is 0 Å². The third-order valence-electron chi connectivity index (χ3n) is 4.05. The molecule has 0 spiro atoms. The lowest BCUT2D eigenvalue weighted by molar-refractivity contribution is -0.125. The van der Waals surface area contributed by atoms with Crippen molar-refractivity contribution in [3.63, 3.8) is 0 Å². The van der Waals surface area contributed by atoms with Gasteiger partial charge in [-0.05, 0) is 41.5 Å². The summed E-state index contributed by atoms with van der Waals surface area (Å²) in [6.07, 6.45) is 3.31. The van der Waals surface area contributed by atoms with Crippen LogP contribution >= 0.6 is 0 Å². The average Bonchev–Trinajstić information content (AvgIpc) is 3.27. The van der Waals surface area contributed by atoms with E-state index >= 15 is 0 Å². The molecule has 2 heterocycles. The first kappa shape index (κ1) is 15.4. The van der Waals surface area contributed by atoms with Crippen LogP contribution in [0.1, 0.15) is 11.1 Å². The molecule has 0 atom stereocenters. The van der Waals surface area contributed by atoms with Gasteiger partial charge in [-0.2, -0.15) is 0 Å². The molecule has 2 aromatic rings. The molecule has 0 saturated heterocycles. The van der Waals surface area contributed by atoms with Gasteiger partial charge in [0.1, 0.15) is 0 Å². The summed E-state index contributed by atoms with van der Waals surface area (Å²) in [6, 6.07) is 11.3. The van der Waals surface area contributed by atoms with Crippen molar-refractivity contribution in [2.45, 2.75) is 6.54 Å². The van der Waals surface area contributed by atoms with E-state index in [1.54, 1.807) is 24.1 Å². The zero-order valence-electron chi connectivity index (χ0n) is 13.7. The van der Waals surface area contributed by atoms with E-state index in [2.05, 4.69) is 0 Å². The standard InChI is InChI=1S/C19H17NO5/c1-20(10-14-3-6-16-18(9-14)25-12-23-16)19(21)7-4-13-2-5-15-17(8-13)24-11-22-15/h2-9H,10-12H2,1H3. The number of hydrogen-bond donors (Lipinski definition) is 0. The van der Waals surface area contributed by atoms with Crippen LogP contribution in [0.4, 0.5) is 0 Å². The first-order valence-electron chi connectivity index (χ1n) is 7.90. The number of likely N-dealkylation sites (N-methyl/N-ethyl adjacent to an activating group) is 1. The van der Waals surface area contributed by atoms with Crippen LogP contribution in [0.25, 0.3) is 6.08 Å². The van der Waals surface area contributed by atoms with Gasteiger partial charge in [-0.3, -0.25) is 4.79 Å². The minimum absolute atomic E-state index is 0.0877. The minimum atomic E-state index is -0.0877. The molecule has 6 nitrogen and oxygen atoms in total. The molecule has 0 radical (unpaired) electrons. The number of benzene rings is 2. The van der Waals surface area contributed by atoms with Crippen molar-refractivity contribution in [3.05, 3.63) is 53.6 Å². The van der Waals surface area contributed by atoms with Gasteiger partial charge in [-0.25, -0.2) is 0 Å². The molecular formula is C19H17NO5. The summed E-state index contributed by atoms with van der Waals surface area (Å²) in [6.45, 7) is 0.965. The predicted octanol–water partition coefficient (Wildman–Crippen LogP) is 2.82. The molecule has 2 aromatic carbocycles. The summed E-state index contributed by atoms with van der Waals surface area (Å²) in [7, 11) is 1.76. The maximum Gasteiger partial charge on any atom is 0.246 e. The molecule has 1 amide bonds. The van der Waals surface area contributed by atoms with Gasteiger partial charge in [0.2, 0.25) is 19.5 Å². The van der Waals surface area contributed by atoms with E-state index in [1.165, 1.54) is 0 Å². The average molecular weight is 339 g/mol. The van der Waals surface area contributed by atoms with Crippen molar-refractivity contribution in [2.75, 3.05) is 20.6 Å². The summed E-state index contributed by atoms with van der Waals surface area (Å²) >= 11 is 0. The smallest absolute Gasteiger partial charge is 0.246 e. The van der Waals surface area contributed by atoms with Gasteiger partial charge in [0, 0.05) is 19.7 Å². The molecule has 2 aliphatic rings. The second kappa shape index (κ2) is 6.39. The fourth-order valence-electron chi connectivity index (χ4n) is 2.70. The van der Waals surface area contributed by atoms with Crippen molar-refractivity contribution in [3.8, 4) is 23.0 Å². The summed E-state index contributed by atoms with van der Waals surface area (Å²) < 4.78 is 21.3. The highest BCUT2D eigenvalue weighted by molar-refractivity contribution is 5.91. The molecule has 0 saturated carbocycles. The van der Waals surface area contributed by atoms with Crippen molar-refractivity contribution in [1.29, 1.82) is 0 Å². The summed E-state index contributed by atoms with van der Waals surface area (Å²) in [5.41, 5.74) is 1.87. The highest BCUT2D eigenvalue weighted by atomic mass is 16.7. The molecule has 0 unspecified atom stereocenters. The number of nitrogens with zero attached hydrogens (tertiary/aromatic N) is 1. The van der Waals surface area contributed by atoms with Gasteiger partial charge in [0.25, 0.3) is 0 Å². The third kappa shape index (κ3) is 3.24. The summed E-state index contributed by atoms with van der Waals surface area (Å²) in [5.74, 6) is 2.79. The van der Waals surface area contributed by atoms with Crippen LogP contribution < -0.4 is 18.9 Å². The van der Waals surface area contributed by atoms with E-state index in [0.29, 0.717) is 18.0 Å². The lowest BCUT2D eigenvalue weighted by atomic mass is 10.1. The Hall–Kier alpha value is -3.15. The monoisotopic (exact) mass is 339 g/mol. The molecule has 0 aliphatic carbocycles. The first-order valence-corrected chi connectivity index (χ1v) is 7.90. The highest BCUT2D eigenvalue weighted by Crippen LogP contribution is 2.33. The maximum atomic E-state index is 12.3. The van der Waals surface area contributed by atoms with Gasteiger partial charge in [0.05, 0.1) is 0 Å². The molecule has 25 heavy (non-hydrogen) atoms. The number of amides is 1. The zero-order valence-corrected chi connectivity index (χ0v) is 13.7. The largest absolute Gasteiger partial charge is 0.454 e. The van der Waals surface area contributed by atoms with Crippen LogP contribution in [-0.2, 0) is 11.3 Å². The van der Waals surface area contributed by atoms with Gasteiger partial charge in [0.15, 0.2) is 23.0 Å². The first-order chi connectivity index (χ1) is 12.2. The second-order valence-electron chi connectivity index (χ2n) is 5.83. The predicted molar refractivity (Wildman–Crippen MR) is 90.6 cm³/mol. The van der Waals surface area contributed by atoms with Gasteiger partial charge in [-0.1, -0.05) is 12.1 Å². The molecule has 0 N–H and O–H groups in total. The second-order valence-corrected chi connectivity index (χ2v) is 5.83. The van der Waals surface area contributed by atoms with Crippen LogP contribution in [0.15, 0.2) is 42.5 Å². The Labute approximate surface area is 145 Å². The summed E-state index contributed by atoms with van der Waals surface area (Å²) in [4.78, 5) is 14.0. The Kier molecular flexibility index (Phi) is 3.93. The van der Waals surface area contributed by atoms with Crippen LogP contribution in [0, 0.1) is 0 Å². The Morgan fingerprint density at radius 3 is 2.36 bits per heavy atom. The van der Waals surface area contributed by atoms with Gasteiger partial charge >= 0.3 is 0 Å². The molecule has 2 aliphatic heterocycles. The summed E-state index contributed by atoms with van der Waals surface area (Å²) in [5, 5.41) is 0. The Morgan fingerprint density at radius 1 is 0.960 bits per heavy atom. The van der Waals surface area contributed by atoms with E-state index in [1.807, 2.05) is 36.4 Å². The molecule has 128 valence electrons. The Morgan fingerprint density at radius 2 is 1.60 bits per heavy atom. The van der Waals surface area contributed by atoms with Crippen LogP contribution in [0.3, 0.4) is 0 Å². The van der Waals surface area contributed by atoms with Crippen molar-refractivity contribution < 1.29 is 23.7 Å². The molecule has 0 aromatic heterocycles. The van der Waals surface area contributed by atoms with E-state index in [0.717, 1.165) is 22.6 Å². The Balaban J connectivity index is 1.40. The van der Waals surface area contributed by atoms with Crippen LogP contribution in [0.5, 0.6) is 23.0 Å². The Bertz CT molecular complexity index is 846. The van der Waals surface area contributed by atoms with E-state index in [-0.39, 0.29) is 19.5 Å². The fraction of sp³-hybridized carbons (Fsp3) is 0.211. The molecule has 0 bridgehead atoms. The maximum absolute atomic E-state index is 12.3. The lowest BCUT2D eigenvalue weighted by Crippen LogP contribution is -2.24. The molecule has 0 fully saturated rings. The SMILES string of the molecule is CN(Cc1ccc2c(c1)OCO2)C(=O)C=Cc1ccc2c(c1)OCO2. The minimum Gasteiger partial charge on any atom is -0.454 e. The third-order valence-corrected chi connectivity index (χ3v) is 4.05. The zero-order chi connectivity index (χ0) is 17.2. The van der Waals surface area contributed by atoms with E-state index in [4.69, 9.17) is 18.9 Å². The number of carbonyl (C=O) groups is 1. The number of carbonyl (C=O) groups excluding carboxylic acids is 1. The number of rotatable bonds is 4. The van der Waals surface area contributed by atoms with E-state index in [9.17, 15) is 4.79 Å². The van der Waals surface area contributed by atoms with Crippen LogP contribution in [0.2, 0.25) is 0 Å². The molecule has 6 heteroatoms. The molecule has 4 rings (SSSR count). The number of ether oxygens (including phenoxy) is 4. The van der Waals surface area contributed by atoms with Crippen molar-refractivity contribution in [2.24, 2.45) is 0 Å². The van der Waals surface area contributed by atoms with E-state index < -0.39 is 0 Å². The molecular weight excluding hydrogens is 322 g/mol. The van der Waals surface area contributed by atoms with Crippen molar-refractivity contribution >= 4 is 12.0 Å².